The predicted octanol–water partition coefficient (Wildman–Crippen LogP) is 4.34. The monoisotopic (exact) mass is 673 g/mol. The number of hydrogen-bond donors (Lipinski definition) is 2. The first-order valence-corrected chi connectivity index (χ1v) is 16.2. The number of nitrogens with zero attached hydrogens (tertiary/aromatic N) is 8. The zero-order chi connectivity index (χ0) is 30.7. The Morgan fingerprint density at radius 2 is 0.913 bits per heavy atom. The summed E-state index contributed by atoms with van der Waals surface area (Å²) in [6.45, 7) is 0.854. The van der Waals surface area contributed by atoms with Crippen LogP contribution in [0.15, 0.2) is 127 Å². The van der Waals surface area contributed by atoms with E-state index < -0.39 is 19.9 Å². The van der Waals surface area contributed by atoms with Gasteiger partial charge in [-0.05, 0) is 34.2 Å². The number of benzene rings is 4. The van der Waals surface area contributed by atoms with Crippen LogP contribution in [0, 0.1) is 0 Å². The van der Waals surface area contributed by atoms with Crippen LogP contribution >= 0.6 is 7.60 Å². The number of hydrogen-bond acceptors (Lipinski definition) is 7. The SMILES string of the molecule is CP(=O)(O)O.[Cu].c1ccc2c(c1)C1=NC2=NC2[N-]C(N=C3N=C(N=c4[n-]c(c5ccccc45)=N1)c1ccccc13)c1ccccc12. The van der Waals surface area contributed by atoms with E-state index >= 15 is 0 Å². The van der Waals surface area contributed by atoms with Gasteiger partial charge in [0.25, 0.3) is 0 Å². The Balaban J connectivity index is 0.000000526. The molecule has 2 N–H and O–H groups in total. The molecule has 13 heteroatoms. The summed E-state index contributed by atoms with van der Waals surface area (Å²) in [6, 6.07) is 32.2. The first-order valence-electron chi connectivity index (χ1n) is 14.1. The Hall–Kier alpha value is -4.67. The van der Waals surface area contributed by atoms with Crippen molar-refractivity contribution in [2.45, 2.75) is 12.3 Å². The zero-order valence-corrected chi connectivity index (χ0v) is 25.9. The largest absolute Gasteiger partial charge is 0.611 e. The van der Waals surface area contributed by atoms with Crippen LogP contribution in [-0.2, 0) is 21.6 Å². The molecule has 231 valence electrons. The smallest absolute Gasteiger partial charge is 0.322 e. The molecule has 0 fully saturated rings. The quantitative estimate of drug-likeness (QED) is 0.185. The Bertz CT molecular complexity index is 2200. The van der Waals surface area contributed by atoms with Crippen LogP contribution in [0.2, 0.25) is 0 Å². The van der Waals surface area contributed by atoms with Gasteiger partial charge >= 0.3 is 7.60 Å². The second-order valence-corrected chi connectivity index (χ2v) is 12.4. The molecule has 4 aliphatic rings. The van der Waals surface area contributed by atoms with Crippen molar-refractivity contribution in [3.8, 4) is 0 Å². The maximum atomic E-state index is 9.33. The molecular formula is C33H23CuN8O3P-2. The topological polar surface area (TPSA) is 160 Å². The molecule has 5 aromatic rings. The molecule has 46 heavy (non-hydrogen) atoms. The van der Waals surface area contributed by atoms with Crippen LogP contribution < -0.4 is 16.0 Å². The van der Waals surface area contributed by atoms with Gasteiger partial charge in [-0.2, -0.15) is 0 Å². The molecule has 1 radical (unpaired) electrons. The van der Waals surface area contributed by atoms with Gasteiger partial charge in [-0.15, -0.1) is 0 Å². The molecule has 0 saturated carbocycles. The molecule has 2 unspecified atom stereocenters. The first kappa shape index (κ1) is 30.0. The molecule has 9 rings (SSSR count). The Labute approximate surface area is 273 Å². The van der Waals surface area contributed by atoms with Crippen LogP contribution in [-0.4, -0.2) is 39.8 Å². The van der Waals surface area contributed by atoms with Crippen LogP contribution in [0.3, 0.4) is 0 Å². The second-order valence-electron chi connectivity index (χ2n) is 10.8. The van der Waals surface area contributed by atoms with E-state index in [2.05, 4.69) is 12.1 Å². The molecule has 4 aliphatic heterocycles. The molecule has 0 amide bonds. The summed E-state index contributed by atoms with van der Waals surface area (Å²) in [6.07, 6.45) is -0.891. The fraction of sp³-hybridized carbons (Fsp3) is 0.0909. The van der Waals surface area contributed by atoms with Crippen LogP contribution in [0.25, 0.3) is 16.1 Å². The summed E-state index contributed by atoms with van der Waals surface area (Å²) in [7, 11) is -3.64. The Kier molecular flexibility index (Phi) is 7.57. The molecule has 1 aromatic heterocycles. The van der Waals surface area contributed by atoms with E-state index in [9.17, 15) is 4.57 Å². The van der Waals surface area contributed by atoms with Crippen molar-refractivity contribution in [3.05, 3.63) is 147 Å². The summed E-state index contributed by atoms with van der Waals surface area (Å²) in [5.74, 6) is 2.35. The molecule has 4 aromatic carbocycles. The standard InChI is InChI=1S/C32H18N8.CH5O3P.Cu/c1-2-10-18-17(9-1)25-33-26(18)38-28-21-13-5-6-14-22(21)30(35-28)40-32-24-16-8-7-15-23(24)31(36-32)39-29-20-12-4-3-11-19(20)27(34-29)37-25;1-5(2,3)4;/h1-16,25-26H;1H3,(H2,2,3,4);/q-2;;. The number of aliphatic imine (C=N–C) groups is 4. The van der Waals surface area contributed by atoms with Gasteiger partial charge in [-0.1, -0.05) is 97.1 Å². The van der Waals surface area contributed by atoms with E-state index in [-0.39, 0.29) is 17.1 Å². The van der Waals surface area contributed by atoms with Crippen LogP contribution in [0.1, 0.15) is 45.7 Å². The summed E-state index contributed by atoms with van der Waals surface area (Å²) >= 11 is 0. The summed E-state index contributed by atoms with van der Waals surface area (Å²) < 4.78 is 9.33. The van der Waals surface area contributed by atoms with Gasteiger partial charge in [0.15, 0.2) is 11.7 Å². The van der Waals surface area contributed by atoms with Gasteiger partial charge in [-0.3, -0.25) is 14.5 Å². The maximum absolute atomic E-state index is 9.33. The van der Waals surface area contributed by atoms with E-state index in [4.69, 9.17) is 50.0 Å². The van der Waals surface area contributed by atoms with Gasteiger partial charge in [0, 0.05) is 57.0 Å². The minimum Gasteiger partial charge on any atom is -0.611 e. The van der Waals surface area contributed by atoms with Crippen molar-refractivity contribution in [1.82, 2.24) is 4.98 Å². The van der Waals surface area contributed by atoms with E-state index in [1.807, 2.05) is 84.9 Å². The van der Waals surface area contributed by atoms with Gasteiger partial charge in [0.2, 0.25) is 0 Å². The van der Waals surface area contributed by atoms with Crippen molar-refractivity contribution >= 4 is 41.7 Å². The average Bonchev–Trinajstić information content (AvgIpc) is 3.76. The fourth-order valence-electron chi connectivity index (χ4n) is 5.73. The number of fused-ring (bicyclic) bond motifs is 18. The number of amidine groups is 4. The van der Waals surface area contributed by atoms with Gasteiger partial charge in [0.05, 0.1) is 11.7 Å². The Morgan fingerprint density at radius 1 is 0.565 bits per heavy atom. The third-order valence-electron chi connectivity index (χ3n) is 7.61. The fourth-order valence-corrected chi connectivity index (χ4v) is 5.73. The minimum atomic E-state index is -3.64. The summed E-state index contributed by atoms with van der Waals surface area (Å²) in [5.41, 5.74) is 6.83. The molecule has 5 heterocycles. The zero-order valence-electron chi connectivity index (χ0n) is 24.0. The van der Waals surface area contributed by atoms with E-state index in [1.165, 1.54) is 0 Å². The van der Waals surface area contributed by atoms with Crippen molar-refractivity contribution in [3.63, 3.8) is 0 Å². The molecule has 2 atom stereocenters. The van der Waals surface area contributed by atoms with Crippen LogP contribution in [0.4, 0.5) is 0 Å². The molecule has 0 spiro atoms. The van der Waals surface area contributed by atoms with Gasteiger partial charge < -0.3 is 30.1 Å². The molecule has 11 nitrogen and oxygen atoms in total. The van der Waals surface area contributed by atoms with E-state index in [0.717, 1.165) is 50.8 Å². The summed E-state index contributed by atoms with van der Waals surface area (Å²) in [4.78, 5) is 50.0. The van der Waals surface area contributed by atoms with Gasteiger partial charge in [0.1, 0.15) is 0 Å². The third kappa shape index (κ3) is 5.41. The van der Waals surface area contributed by atoms with Crippen molar-refractivity contribution in [2.75, 3.05) is 6.66 Å². The first-order chi connectivity index (χ1) is 21.8. The van der Waals surface area contributed by atoms with E-state index in [0.29, 0.717) is 34.3 Å². The molecule has 0 aliphatic carbocycles. The summed E-state index contributed by atoms with van der Waals surface area (Å²) in [5, 5.41) is 6.84. The predicted molar refractivity (Wildman–Crippen MR) is 172 cm³/mol. The van der Waals surface area contributed by atoms with Crippen molar-refractivity contribution in [1.29, 1.82) is 0 Å². The molecule has 0 saturated heterocycles. The second kappa shape index (κ2) is 11.6. The number of aromatic nitrogens is 1. The van der Waals surface area contributed by atoms with Gasteiger partial charge in [-0.25, -0.2) is 9.98 Å². The normalized spacial score (nSPS) is 18.6. The van der Waals surface area contributed by atoms with Crippen LogP contribution in [0.5, 0.6) is 0 Å². The average molecular weight is 674 g/mol. The maximum Gasteiger partial charge on any atom is 0.322 e. The van der Waals surface area contributed by atoms with Crippen molar-refractivity contribution < 1.29 is 31.4 Å². The van der Waals surface area contributed by atoms with Crippen molar-refractivity contribution in [2.24, 2.45) is 30.0 Å². The van der Waals surface area contributed by atoms with E-state index in [1.54, 1.807) is 0 Å². The Morgan fingerprint density at radius 3 is 1.33 bits per heavy atom. The molecular weight excluding hydrogens is 651 g/mol. The minimum absolute atomic E-state index is 0. The third-order valence-corrected chi connectivity index (χ3v) is 7.61. The molecule has 8 bridgehead atoms. The number of rotatable bonds is 0.